The number of carbonyl (C=O) groups is 2. The van der Waals surface area contributed by atoms with E-state index >= 15 is 0 Å². The quantitative estimate of drug-likeness (QED) is 0.701. The molecule has 1 fully saturated rings. The Balaban J connectivity index is 1.83. The molecule has 1 saturated carbocycles. The Bertz CT molecular complexity index is 475. The molecule has 3 N–H and O–H groups in total. The Morgan fingerprint density at radius 3 is 2.72 bits per heavy atom. The first-order valence-corrected chi connectivity index (χ1v) is 6.53. The van der Waals surface area contributed by atoms with Crippen molar-refractivity contribution in [1.29, 1.82) is 0 Å². The molecule has 96 valence electrons. The minimum Gasteiger partial charge on any atom is -0.370 e. The van der Waals surface area contributed by atoms with Crippen molar-refractivity contribution in [3.63, 3.8) is 0 Å². The number of hydrogen-bond donors (Lipinski definition) is 3. The summed E-state index contributed by atoms with van der Waals surface area (Å²) in [6.45, 7) is 0. The highest BCUT2D eigenvalue weighted by Crippen LogP contribution is 2.35. The van der Waals surface area contributed by atoms with E-state index in [1.165, 1.54) is 19.3 Å². The molecular formula is C13H17N3O2. The fourth-order valence-corrected chi connectivity index (χ4v) is 3.01. The van der Waals surface area contributed by atoms with Crippen molar-refractivity contribution in [2.45, 2.75) is 38.1 Å². The molecule has 1 aromatic heterocycles. The van der Waals surface area contributed by atoms with Crippen molar-refractivity contribution in [1.82, 2.24) is 4.98 Å². The molecule has 1 amide bonds. The fraction of sp³-hybridized carbons (Fsp3) is 0.538. The summed E-state index contributed by atoms with van der Waals surface area (Å²) in [6, 6.07) is -0.159. The lowest BCUT2D eigenvalue weighted by Gasteiger charge is -2.33. The van der Waals surface area contributed by atoms with E-state index in [0.29, 0.717) is 17.3 Å². The average Bonchev–Trinajstić information content (AvgIpc) is 2.80. The lowest BCUT2D eigenvalue weighted by atomic mass is 9.83. The number of hydrogen-bond acceptors (Lipinski definition) is 3. The van der Waals surface area contributed by atoms with Crippen LogP contribution in [-0.4, -0.2) is 23.2 Å². The molecule has 2 heterocycles. The normalized spacial score (nSPS) is 24.0. The van der Waals surface area contributed by atoms with Crippen molar-refractivity contribution >= 4 is 23.6 Å². The first-order valence-electron chi connectivity index (χ1n) is 6.53. The summed E-state index contributed by atoms with van der Waals surface area (Å²) in [5.74, 6) is 0.388. The summed E-state index contributed by atoms with van der Waals surface area (Å²) in [7, 11) is 0. The molecule has 0 saturated heterocycles. The van der Waals surface area contributed by atoms with Gasteiger partial charge in [0.15, 0.2) is 6.29 Å². The number of nitrogens with one attached hydrogen (secondary N) is 3. The number of H-pyrrole nitrogens is 1. The summed E-state index contributed by atoms with van der Waals surface area (Å²) in [4.78, 5) is 25.8. The second-order valence-corrected chi connectivity index (χ2v) is 5.12. The topological polar surface area (TPSA) is 74.0 Å². The van der Waals surface area contributed by atoms with Crippen LogP contribution in [0.25, 0.3) is 0 Å². The number of fused-ring (bicyclic) bond motifs is 1. The molecule has 5 heteroatoms. The highest BCUT2D eigenvalue weighted by molar-refractivity contribution is 6.07. The zero-order valence-electron chi connectivity index (χ0n) is 10.2. The number of carbonyl (C=O) groups excluding carboxylic acids is 2. The molecule has 2 aliphatic rings. The molecular weight excluding hydrogens is 230 g/mol. The fourth-order valence-electron chi connectivity index (χ4n) is 3.01. The molecule has 1 atom stereocenters. The third kappa shape index (κ3) is 1.79. The molecule has 0 bridgehead atoms. The average molecular weight is 247 g/mol. The van der Waals surface area contributed by atoms with E-state index in [9.17, 15) is 9.59 Å². The van der Waals surface area contributed by atoms with E-state index in [1.54, 1.807) is 6.20 Å². The Labute approximate surface area is 105 Å². The Kier molecular flexibility index (Phi) is 2.81. The predicted molar refractivity (Wildman–Crippen MR) is 68.8 cm³/mol. The van der Waals surface area contributed by atoms with Crippen LogP contribution in [-0.2, 0) is 4.79 Å². The van der Waals surface area contributed by atoms with Crippen LogP contribution in [0, 0.1) is 5.92 Å². The maximum absolute atomic E-state index is 12.1. The van der Waals surface area contributed by atoms with Gasteiger partial charge in [0.1, 0.15) is 11.7 Å². The van der Waals surface area contributed by atoms with E-state index < -0.39 is 0 Å². The zero-order chi connectivity index (χ0) is 12.5. The zero-order valence-corrected chi connectivity index (χ0v) is 10.2. The van der Waals surface area contributed by atoms with Gasteiger partial charge in [0.25, 0.3) is 0 Å². The van der Waals surface area contributed by atoms with Gasteiger partial charge < -0.3 is 15.6 Å². The summed E-state index contributed by atoms with van der Waals surface area (Å²) in [5.41, 5.74) is 1.84. The number of aromatic amines is 1. The third-order valence-corrected chi connectivity index (χ3v) is 3.99. The van der Waals surface area contributed by atoms with Crippen LogP contribution >= 0.6 is 0 Å². The standard InChI is InChI=1S/C13H17N3O2/c17-7-10-12-9(6-14-10)15-11(13(18)16-12)8-4-2-1-3-5-8/h6-8,11,14-15H,1-5H2,(H,16,18). The van der Waals surface area contributed by atoms with Crippen LogP contribution in [0.15, 0.2) is 6.20 Å². The first kappa shape index (κ1) is 11.3. The molecule has 0 aromatic carbocycles. The summed E-state index contributed by atoms with van der Waals surface area (Å²) < 4.78 is 0. The Hall–Kier alpha value is -1.78. The van der Waals surface area contributed by atoms with E-state index in [-0.39, 0.29) is 11.9 Å². The summed E-state index contributed by atoms with van der Waals surface area (Å²) in [5, 5.41) is 6.11. The van der Waals surface area contributed by atoms with Crippen molar-refractivity contribution in [2.75, 3.05) is 10.6 Å². The van der Waals surface area contributed by atoms with E-state index in [0.717, 1.165) is 24.8 Å². The predicted octanol–water partition coefficient (Wildman–Crippen LogP) is 2.14. The van der Waals surface area contributed by atoms with Gasteiger partial charge in [0.05, 0.1) is 11.4 Å². The maximum Gasteiger partial charge on any atom is 0.247 e. The highest BCUT2D eigenvalue weighted by atomic mass is 16.2. The SMILES string of the molecule is O=Cc1[nH]cc2c1NC(=O)C(C1CCCCC1)N2. The molecule has 0 spiro atoms. The van der Waals surface area contributed by atoms with Crippen LogP contribution in [0.5, 0.6) is 0 Å². The van der Waals surface area contributed by atoms with Crippen LogP contribution in [0.4, 0.5) is 11.4 Å². The minimum absolute atomic E-state index is 0.0166. The Morgan fingerprint density at radius 1 is 1.22 bits per heavy atom. The largest absolute Gasteiger partial charge is 0.370 e. The van der Waals surface area contributed by atoms with Gasteiger partial charge in [-0.05, 0) is 18.8 Å². The first-order chi connectivity index (χ1) is 8.79. The van der Waals surface area contributed by atoms with Crippen LogP contribution in [0.3, 0.4) is 0 Å². The van der Waals surface area contributed by atoms with Gasteiger partial charge in [0.2, 0.25) is 5.91 Å². The second kappa shape index (κ2) is 4.48. The molecule has 1 aliphatic heterocycles. The number of aldehydes is 1. The summed E-state index contributed by atoms with van der Waals surface area (Å²) >= 11 is 0. The lowest BCUT2D eigenvalue weighted by Crippen LogP contribution is -2.44. The second-order valence-electron chi connectivity index (χ2n) is 5.12. The molecule has 18 heavy (non-hydrogen) atoms. The van der Waals surface area contributed by atoms with E-state index in [1.807, 2.05) is 0 Å². The van der Waals surface area contributed by atoms with Crippen molar-refractivity contribution in [2.24, 2.45) is 5.92 Å². The van der Waals surface area contributed by atoms with Crippen molar-refractivity contribution in [3.05, 3.63) is 11.9 Å². The third-order valence-electron chi connectivity index (χ3n) is 3.99. The molecule has 1 aliphatic carbocycles. The van der Waals surface area contributed by atoms with Crippen molar-refractivity contribution < 1.29 is 9.59 Å². The number of rotatable bonds is 2. The Morgan fingerprint density at radius 2 is 2.00 bits per heavy atom. The number of amides is 1. The molecule has 3 rings (SSSR count). The van der Waals surface area contributed by atoms with Gasteiger partial charge in [-0.25, -0.2) is 0 Å². The van der Waals surface area contributed by atoms with Gasteiger partial charge in [0, 0.05) is 6.20 Å². The van der Waals surface area contributed by atoms with Gasteiger partial charge >= 0.3 is 0 Å². The summed E-state index contributed by atoms with van der Waals surface area (Å²) in [6.07, 6.45) is 8.35. The van der Waals surface area contributed by atoms with Crippen LogP contribution in [0.2, 0.25) is 0 Å². The van der Waals surface area contributed by atoms with E-state index in [2.05, 4.69) is 15.6 Å². The maximum atomic E-state index is 12.1. The molecule has 1 aromatic rings. The molecule has 1 unspecified atom stereocenters. The lowest BCUT2D eigenvalue weighted by molar-refractivity contribution is -0.118. The number of anilines is 2. The molecule has 0 radical (unpaired) electrons. The van der Waals surface area contributed by atoms with Crippen LogP contribution < -0.4 is 10.6 Å². The number of aromatic nitrogens is 1. The van der Waals surface area contributed by atoms with Gasteiger partial charge in [-0.2, -0.15) is 0 Å². The van der Waals surface area contributed by atoms with Gasteiger partial charge in [-0.1, -0.05) is 19.3 Å². The van der Waals surface area contributed by atoms with Gasteiger partial charge in [-0.3, -0.25) is 9.59 Å². The monoisotopic (exact) mass is 247 g/mol. The van der Waals surface area contributed by atoms with E-state index in [4.69, 9.17) is 0 Å². The van der Waals surface area contributed by atoms with Crippen molar-refractivity contribution in [3.8, 4) is 0 Å². The van der Waals surface area contributed by atoms with Crippen LogP contribution in [0.1, 0.15) is 42.6 Å². The smallest absolute Gasteiger partial charge is 0.247 e. The molecule has 5 nitrogen and oxygen atoms in total. The minimum atomic E-state index is -0.159. The van der Waals surface area contributed by atoms with Gasteiger partial charge in [-0.15, -0.1) is 0 Å². The highest BCUT2D eigenvalue weighted by Gasteiger charge is 2.34.